The summed E-state index contributed by atoms with van der Waals surface area (Å²) in [6, 6.07) is 0. The topological polar surface area (TPSA) is 77.4 Å². The third kappa shape index (κ3) is 29.2. The van der Waals surface area contributed by atoms with Crippen LogP contribution in [-0.4, -0.2) is 75.3 Å². The predicted molar refractivity (Wildman–Crippen MR) is 149 cm³/mol. The van der Waals surface area contributed by atoms with Crippen LogP contribution in [-0.2, 0) is 18.9 Å². The van der Waals surface area contributed by atoms with Crippen molar-refractivity contribution in [2.24, 2.45) is 0 Å². The summed E-state index contributed by atoms with van der Waals surface area (Å²) in [7, 11) is 0. The Labute approximate surface area is 221 Å². The van der Waals surface area contributed by atoms with Crippen LogP contribution in [0.2, 0.25) is 0 Å². The number of aliphatic hydroxyl groups excluding tert-OH is 2. The van der Waals surface area contributed by atoms with E-state index in [9.17, 15) is 10.2 Å². The minimum atomic E-state index is -0.632. The number of unbranched alkanes of at least 4 members (excludes halogenated alkanes) is 10. The molecular weight excluding hydrogens is 456 g/mol. The average molecular weight is 513 g/mol. The highest BCUT2D eigenvalue weighted by molar-refractivity contribution is 4.83. The molecule has 0 aliphatic carbocycles. The lowest BCUT2D eigenvalue weighted by Crippen LogP contribution is -2.22. The summed E-state index contributed by atoms with van der Waals surface area (Å²) >= 11 is 0. The molecule has 0 aromatic carbocycles. The quantitative estimate of drug-likeness (QED) is 0.0965. The number of hydrogen-bond acceptors (Lipinski definition) is 6. The summed E-state index contributed by atoms with van der Waals surface area (Å²) in [6.45, 7) is 7.30. The molecule has 0 radical (unpaired) electrons. The molecule has 0 aromatic rings. The molecule has 0 rings (SSSR count). The predicted octanol–water partition coefficient (Wildman–Crippen LogP) is 6.16. The van der Waals surface area contributed by atoms with Crippen LogP contribution < -0.4 is 0 Å². The molecule has 36 heavy (non-hydrogen) atoms. The van der Waals surface area contributed by atoms with Gasteiger partial charge in [-0.2, -0.15) is 0 Å². The third-order valence-electron chi connectivity index (χ3n) is 5.55. The molecule has 2 atom stereocenters. The van der Waals surface area contributed by atoms with Gasteiger partial charge in [-0.15, -0.1) is 0 Å². The molecule has 0 heterocycles. The van der Waals surface area contributed by atoms with Crippen LogP contribution in [0, 0.1) is 0 Å². The van der Waals surface area contributed by atoms with Gasteiger partial charge in [-0.3, -0.25) is 0 Å². The van der Waals surface area contributed by atoms with E-state index in [0.29, 0.717) is 26.4 Å². The van der Waals surface area contributed by atoms with Crippen molar-refractivity contribution < 1.29 is 29.2 Å². The van der Waals surface area contributed by atoms with Gasteiger partial charge in [0.1, 0.15) is 12.2 Å². The second-order valence-electron chi connectivity index (χ2n) is 9.28. The molecule has 2 unspecified atom stereocenters. The lowest BCUT2D eigenvalue weighted by molar-refractivity contribution is -0.00845. The Bertz CT molecular complexity index is 462. The molecule has 0 aromatic heterocycles. The van der Waals surface area contributed by atoms with E-state index < -0.39 is 12.2 Å². The van der Waals surface area contributed by atoms with Crippen molar-refractivity contribution in [3.8, 4) is 0 Å². The summed E-state index contributed by atoms with van der Waals surface area (Å²) in [5, 5.41) is 19.8. The summed E-state index contributed by atoms with van der Waals surface area (Å²) < 4.78 is 21.7. The van der Waals surface area contributed by atoms with Gasteiger partial charge < -0.3 is 29.2 Å². The Morgan fingerprint density at radius 3 is 1.08 bits per heavy atom. The second-order valence-corrected chi connectivity index (χ2v) is 9.28. The minimum Gasteiger partial charge on any atom is -0.388 e. The molecule has 0 saturated heterocycles. The lowest BCUT2D eigenvalue weighted by atomic mass is 10.1. The first-order valence-corrected chi connectivity index (χ1v) is 14.3. The zero-order valence-electron chi connectivity index (χ0n) is 23.3. The van der Waals surface area contributed by atoms with Crippen molar-refractivity contribution in [2.45, 2.75) is 103 Å². The van der Waals surface area contributed by atoms with Gasteiger partial charge in [0.25, 0.3) is 0 Å². The van der Waals surface area contributed by atoms with Gasteiger partial charge in [-0.1, -0.05) is 102 Å². The zero-order chi connectivity index (χ0) is 26.4. The van der Waals surface area contributed by atoms with Crippen molar-refractivity contribution in [1.82, 2.24) is 0 Å². The molecule has 0 saturated carbocycles. The largest absolute Gasteiger partial charge is 0.388 e. The van der Waals surface area contributed by atoms with Gasteiger partial charge >= 0.3 is 0 Å². The van der Waals surface area contributed by atoms with Crippen LogP contribution in [0.4, 0.5) is 0 Å². The maximum absolute atomic E-state index is 9.88. The smallest absolute Gasteiger partial charge is 0.101 e. The number of rotatable bonds is 28. The monoisotopic (exact) mass is 512 g/mol. The Morgan fingerprint density at radius 1 is 0.444 bits per heavy atom. The molecule has 6 nitrogen and oxygen atoms in total. The Hall–Kier alpha value is -1.02. The Kier molecular flexibility index (Phi) is 29.3. The Morgan fingerprint density at radius 2 is 0.750 bits per heavy atom. The number of allylic oxidation sites excluding steroid dienone is 2. The van der Waals surface area contributed by atoms with E-state index in [0.717, 1.165) is 12.8 Å². The highest BCUT2D eigenvalue weighted by Crippen LogP contribution is 2.06. The minimum absolute atomic E-state index is 0.232. The first-order valence-electron chi connectivity index (χ1n) is 14.3. The van der Waals surface area contributed by atoms with Gasteiger partial charge in [0.15, 0.2) is 0 Å². The van der Waals surface area contributed by atoms with Crippen molar-refractivity contribution in [1.29, 1.82) is 0 Å². The number of aliphatic hydroxyl groups is 2. The van der Waals surface area contributed by atoms with Crippen molar-refractivity contribution >= 4 is 0 Å². The van der Waals surface area contributed by atoms with Gasteiger partial charge in [-0.05, 0) is 25.7 Å². The fourth-order valence-electron chi connectivity index (χ4n) is 3.42. The summed E-state index contributed by atoms with van der Waals surface area (Å²) in [4.78, 5) is 0. The molecule has 0 aliphatic rings. The van der Waals surface area contributed by atoms with E-state index in [1.165, 1.54) is 64.2 Å². The van der Waals surface area contributed by atoms with Crippen molar-refractivity contribution in [3.63, 3.8) is 0 Å². The van der Waals surface area contributed by atoms with Gasteiger partial charge in [0, 0.05) is 0 Å². The lowest BCUT2D eigenvalue weighted by Gasteiger charge is -2.10. The average Bonchev–Trinajstić information content (AvgIpc) is 2.87. The summed E-state index contributed by atoms with van der Waals surface area (Å²) in [5.74, 6) is 0. The molecule has 212 valence electrons. The summed E-state index contributed by atoms with van der Waals surface area (Å²) in [5.41, 5.74) is 0. The van der Waals surface area contributed by atoms with Crippen molar-refractivity contribution in [3.05, 3.63) is 36.5 Å². The standard InChI is InChI=1S/C30H56O6/c1-3-5-7-9-11-13-15-17-21-33-25-29(31)27-35-23-19-20-24-36-28-30(32)26-34-22-18-16-14-12-10-8-6-4-2/h15-20,29-32H,3-14,21-28H2,1-2H3/b17-15+,18-16+,20-19-. The number of ether oxygens (including phenoxy) is 4. The van der Waals surface area contributed by atoms with Gasteiger partial charge in [0.2, 0.25) is 0 Å². The third-order valence-corrected chi connectivity index (χ3v) is 5.55. The molecule has 0 bridgehead atoms. The molecule has 2 N–H and O–H groups in total. The first-order chi connectivity index (χ1) is 17.7. The van der Waals surface area contributed by atoms with E-state index in [2.05, 4.69) is 26.0 Å². The van der Waals surface area contributed by atoms with E-state index in [-0.39, 0.29) is 26.4 Å². The highest BCUT2D eigenvalue weighted by Gasteiger charge is 2.04. The molecule has 0 fully saturated rings. The highest BCUT2D eigenvalue weighted by atomic mass is 16.5. The maximum Gasteiger partial charge on any atom is 0.101 e. The van der Waals surface area contributed by atoms with Crippen LogP contribution in [0.1, 0.15) is 90.9 Å². The van der Waals surface area contributed by atoms with E-state index in [4.69, 9.17) is 18.9 Å². The Balaban J connectivity index is 3.42. The SMILES string of the molecule is CCCCCCC/C=C/COCC(O)COC/C=C\COCC(O)COC/C=C/CCCCCCC. The molecule has 6 heteroatoms. The van der Waals surface area contributed by atoms with E-state index in [1.807, 2.05) is 24.3 Å². The van der Waals surface area contributed by atoms with Crippen LogP contribution in [0.3, 0.4) is 0 Å². The van der Waals surface area contributed by atoms with E-state index in [1.54, 1.807) is 0 Å². The molecule has 0 amide bonds. The number of hydrogen-bond donors (Lipinski definition) is 2. The fourth-order valence-corrected chi connectivity index (χ4v) is 3.42. The van der Waals surface area contributed by atoms with Crippen LogP contribution in [0.5, 0.6) is 0 Å². The summed E-state index contributed by atoms with van der Waals surface area (Å²) in [6.07, 6.45) is 25.9. The van der Waals surface area contributed by atoms with Gasteiger partial charge in [0.05, 0.1) is 52.9 Å². The van der Waals surface area contributed by atoms with Crippen LogP contribution in [0.25, 0.3) is 0 Å². The van der Waals surface area contributed by atoms with Crippen LogP contribution >= 0.6 is 0 Å². The van der Waals surface area contributed by atoms with E-state index >= 15 is 0 Å². The normalized spacial score (nSPS) is 14.0. The fraction of sp³-hybridized carbons (Fsp3) is 0.800. The molecule has 0 aliphatic heterocycles. The van der Waals surface area contributed by atoms with Crippen LogP contribution in [0.15, 0.2) is 36.5 Å². The zero-order valence-corrected chi connectivity index (χ0v) is 23.3. The molecule has 0 spiro atoms. The van der Waals surface area contributed by atoms with Gasteiger partial charge in [-0.25, -0.2) is 0 Å². The molecular formula is C30H56O6. The van der Waals surface area contributed by atoms with Crippen molar-refractivity contribution in [2.75, 3.05) is 52.9 Å². The first kappa shape index (κ1) is 35.0. The second kappa shape index (κ2) is 30.2. The maximum atomic E-state index is 9.88.